The van der Waals surface area contributed by atoms with Crippen LogP contribution in [0.15, 0.2) is 11.4 Å². The van der Waals surface area contributed by atoms with Crippen molar-refractivity contribution < 1.29 is 0 Å². The predicted octanol–water partition coefficient (Wildman–Crippen LogP) is 1.94. The molecule has 2 aromatic rings. The smallest absolute Gasteiger partial charge is 0.227 e. The molecule has 0 saturated carbocycles. The van der Waals surface area contributed by atoms with Crippen molar-refractivity contribution in [1.29, 1.82) is 0 Å². The highest BCUT2D eigenvalue weighted by Gasteiger charge is 2.08. The zero-order valence-corrected chi connectivity index (χ0v) is 9.60. The lowest BCUT2D eigenvalue weighted by molar-refractivity contribution is 0.879. The number of thiophene rings is 1. The number of rotatable bonds is 3. The van der Waals surface area contributed by atoms with Crippen LogP contribution < -0.4 is 4.90 Å². The first kappa shape index (κ1) is 9.54. The van der Waals surface area contributed by atoms with E-state index in [1.165, 1.54) is 22.0 Å². The summed E-state index contributed by atoms with van der Waals surface area (Å²) in [6.07, 6.45) is 0. The van der Waals surface area contributed by atoms with Crippen LogP contribution in [0, 0.1) is 6.92 Å². The normalized spacial score (nSPS) is 10.4. The van der Waals surface area contributed by atoms with Crippen LogP contribution >= 0.6 is 22.9 Å². The fraction of sp³-hybridized carbons (Fsp3) is 0.375. The molecular weight excluding hydrogens is 216 g/mol. The number of nitrogens with zero attached hydrogens (tertiary/aromatic N) is 4. The van der Waals surface area contributed by atoms with Gasteiger partial charge in [-0.05, 0) is 29.1 Å². The Morgan fingerprint density at radius 1 is 1.50 bits per heavy atom. The van der Waals surface area contributed by atoms with Crippen molar-refractivity contribution >= 4 is 28.0 Å². The summed E-state index contributed by atoms with van der Waals surface area (Å²) in [6, 6.07) is 2.13. The summed E-state index contributed by atoms with van der Waals surface area (Å²) in [4.78, 5) is 3.42. The van der Waals surface area contributed by atoms with Crippen LogP contribution in [-0.4, -0.2) is 21.8 Å². The number of hydrogen-bond donors (Lipinski definition) is 0. The molecule has 2 aromatic heterocycles. The van der Waals surface area contributed by atoms with Crippen molar-refractivity contribution in [3.63, 3.8) is 0 Å². The van der Waals surface area contributed by atoms with E-state index in [0.717, 1.165) is 11.7 Å². The summed E-state index contributed by atoms with van der Waals surface area (Å²) < 4.78 is 3.74. The lowest BCUT2D eigenvalue weighted by Crippen LogP contribution is -2.15. The van der Waals surface area contributed by atoms with Gasteiger partial charge in [0.2, 0.25) is 5.13 Å². The second kappa shape index (κ2) is 4.02. The van der Waals surface area contributed by atoms with Gasteiger partial charge in [0.05, 0.1) is 6.54 Å². The molecule has 14 heavy (non-hydrogen) atoms. The molecule has 0 fully saturated rings. The Balaban J connectivity index is 2.09. The van der Waals surface area contributed by atoms with Crippen molar-refractivity contribution in [2.24, 2.45) is 0 Å². The van der Waals surface area contributed by atoms with Crippen molar-refractivity contribution in [2.45, 2.75) is 13.5 Å². The zero-order valence-electron chi connectivity index (χ0n) is 7.97. The maximum absolute atomic E-state index is 3.91. The van der Waals surface area contributed by atoms with Gasteiger partial charge in [0, 0.05) is 23.5 Å². The first-order chi connectivity index (χ1) is 6.77. The van der Waals surface area contributed by atoms with Gasteiger partial charge in [-0.3, -0.25) is 0 Å². The number of hydrogen-bond acceptors (Lipinski definition) is 6. The molecule has 0 saturated heterocycles. The third-order valence-corrected chi connectivity index (χ3v) is 3.68. The molecule has 0 aliphatic heterocycles. The SMILES string of the molecule is Cc1ccsc1CN(C)c1nnns1. The van der Waals surface area contributed by atoms with E-state index in [0.29, 0.717) is 0 Å². The Labute approximate surface area is 90.4 Å². The van der Waals surface area contributed by atoms with Gasteiger partial charge in [-0.1, -0.05) is 9.59 Å². The highest BCUT2D eigenvalue weighted by molar-refractivity contribution is 7.10. The van der Waals surface area contributed by atoms with Crippen LogP contribution in [0.25, 0.3) is 0 Å². The molecule has 0 bridgehead atoms. The minimum absolute atomic E-state index is 0.859. The van der Waals surface area contributed by atoms with Gasteiger partial charge >= 0.3 is 0 Å². The molecular formula is C8H10N4S2. The molecule has 0 spiro atoms. The summed E-state index contributed by atoms with van der Waals surface area (Å²) >= 11 is 3.09. The zero-order chi connectivity index (χ0) is 9.97. The topological polar surface area (TPSA) is 41.9 Å². The van der Waals surface area contributed by atoms with Crippen molar-refractivity contribution in [3.05, 3.63) is 21.9 Å². The Bertz CT molecular complexity index is 395. The van der Waals surface area contributed by atoms with Crippen LogP contribution in [0.5, 0.6) is 0 Å². The highest BCUT2D eigenvalue weighted by atomic mass is 32.1. The van der Waals surface area contributed by atoms with E-state index in [1.54, 1.807) is 11.3 Å². The summed E-state index contributed by atoms with van der Waals surface area (Å²) in [5.74, 6) is 0. The van der Waals surface area contributed by atoms with Crippen LogP contribution in [0.4, 0.5) is 5.13 Å². The molecule has 0 radical (unpaired) electrons. The van der Waals surface area contributed by atoms with Gasteiger partial charge in [-0.15, -0.1) is 11.3 Å². The molecule has 0 atom stereocenters. The summed E-state index contributed by atoms with van der Waals surface area (Å²) in [6.45, 7) is 3.00. The Morgan fingerprint density at radius 3 is 2.93 bits per heavy atom. The van der Waals surface area contributed by atoms with E-state index < -0.39 is 0 Å². The van der Waals surface area contributed by atoms with Gasteiger partial charge in [0.1, 0.15) is 0 Å². The van der Waals surface area contributed by atoms with Crippen molar-refractivity contribution in [2.75, 3.05) is 11.9 Å². The van der Waals surface area contributed by atoms with Crippen molar-refractivity contribution in [1.82, 2.24) is 14.8 Å². The first-order valence-corrected chi connectivity index (χ1v) is 5.82. The molecule has 0 unspecified atom stereocenters. The van der Waals surface area contributed by atoms with Gasteiger partial charge in [0.25, 0.3) is 0 Å². The van der Waals surface area contributed by atoms with E-state index in [-0.39, 0.29) is 0 Å². The van der Waals surface area contributed by atoms with Gasteiger partial charge in [0.15, 0.2) is 0 Å². The molecule has 0 N–H and O–H groups in total. The standard InChI is InChI=1S/C8H10N4S2/c1-6-3-4-13-7(6)5-12(2)8-9-10-11-14-8/h3-4H,5H2,1-2H3. The average molecular weight is 226 g/mol. The fourth-order valence-electron chi connectivity index (χ4n) is 1.12. The Kier molecular flexibility index (Phi) is 2.74. The second-order valence-corrected chi connectivity index (χ2v) is 4.74. The van der Waals surface area contributed by atoms with Crippen LogP contribution in [-0.2, 0) is 6.54 Å². The number of anilines is 1. The third kappa shape index (κ3) is 1.91. The maximum atomic E-state index is 3.91. The van der Waals surface area contributed by atoms with Gasteiger partial charge in [-0.25, -0.2) is 0 Å². The monoisotopic (exact) mass is 226 g/mol. The summed E-state index contributed by atoms with van der Waals surface area (Å²) in [7, 11) is 2.00. The molecule has 4 nitrogen and oxygen atoms in total. The first-order valence-electron chi connectivity index (χ1n) is 4.16. The minimum atomic E-state index is 0.859. The highest BCUT2D eigenvalue weighted by Crippen LogP contribution is 2.20. The quantitative estimate of drug-likeness (QED) is 0.802. The molecule has 0 amide bonds. The average Bonchev–Trinajstić information content (AvgIpc) is 2.77. The third-order valence-electron chi connectivity index (χ3n) is 1.96. The number of aromatic nitrogens is 3. The van der Waals surface area contributed by atoms with Crippen LogP contribution in [0.1, 0.15) is 10.4 Å². The summed E-state index contributed by atoms with van der Waals surface area (Å²) in [5.41, 5.74) is 1.33. The fourth-order valence-corrected chi connectivity index (χ4v) is 2.51. The maximum Gasteiger partial charge on any atom is 0.227 e. The van der Waals surface area contributed by atoms with Crippen LogP contribution in [0.2, 0.25) is 0 Å². The van der Waals surface area contributed by atoms with E-state index in [2.05, 4.69) is 38.1 Å². The lowest BCUT2D eigenvalue weighted by atomic mass is 10.3. The second-order valence-electron chi connectivity index (χ2n) is 3.03. The van der Waals surface area contributed by atoms with Gasteiger partial charge in [-0.2, -0.15) is 0 Å². The van der Waals surface area contributed by atoms with E-state index >= 15 is 0 Å². The molecule has 0 aliphatic rings. The van der Waals surface area contributed by atoms with E-state index in [1.807, 2.05) is 7.05 Å². The minimum Gasteiger partial charge on any atom is -0.343 e. The largest absolute Gasteiger partial charge is 0.343 e. The van der Waals surface area contributed by atoms with Gasteiger partial charge < -0.3 is 4.90 Å². The molecule has 74 valence electrons. The molecule has 2 rings (SSSR count). The molecule has 0 aromatic carbocycles. The Hall–Kier alpha value is -1.01. The number of aryl methyl sites for hydroxylation is 1. The lowest BCUT2D eigenvalue weighted by Gasteiger charge is -2.13. The predicted molar refractivity (Wildman–Crippen MR) is 58.9 cm³/mol. The molecule has 6 heteroatoms. The Morgan fingerprint density at radius 2 is 2.36 bits per heavy atom. The van der Waals surface area contributed by atoms with E-state index in [4.69, 9.17) is 0 Å². The van der Waals surface area contributed by atoms with Crippen LogP contribution in [0.3, 0.4) is 0 Å². The summed E-state index contributed by atoms with van der Waals surface area (Å²) in [5, 5.41) is 10.5. The molecule has 0 aliphatic carbocycles. The van der Waals surface area contributed by atoms with E-state index in [9.17, 15) is 0 Å². The molecule has 2 heterocycles. The van der Waals surface area contributed by atoms with Crippen molar-refractivity contribution in [3.8, 4) is 0 Å².